The minimum atomic E-state index is -0.596. The lowest BCUT2D eigenvalue weighted by Crippen LogP contribution is -2.63. The second-order valence-electron chi connectivity index (χ2n) is 7.23. The summed E-state index contributed by atoms with van der Waals surface area (Å²) in [5.74, 6) is 0. The Morgan fingerprint density at radius 1 is 0.844 bits per heavy atom. The molecule has 10 heteroatoms. The number of halogens is 2. The largest absolute Gasteiger partial charge is 0.378 e. The molecule has 0 saturated carbocycles. The van der Waals surface area contributed by atoms with Crippen molar-refractivity contribution in [2.75, 3.05) is 62.2 Å². The summed E-state index contributed by atoms with van der Waals surface area (Å²) in [5, 5.41) is 0. The third kappa shape index (κ3) is 7.95. The fourth-order valence-electron chi connectivity index (χ4n) is 3.68. The van der Waals surface area contributed by atoms with Gasteiger partial charge in [-0.25, -0.2) is 0 Å². The summed E-state index contributed by atoms with van der Waals surface area (Å²) in [4.78, 5) is 0. The van der Waals surface area contributed by atoms with E-state index in [2.05, 4.69) is 45.2 Å². The van der Waals surface area contributed by atoms with Gasteiger partial charge in [0.25, 0.3) is 0 Å². The van der Waals surface area contributed by atoms with Gasteiger partial charge in [-0.2, -0.15) is 0 Å². The monoisotopic (exact) mass is 678 g/mol. The predicted octanol–water partition coefficient (Wildman–Crippen LogP) is 3.15. The average Bonchev–Trinajstić information content (AvgIpc) is 2.84. The zero-order valence-electron chi connectivity index (χ0n) is 18.2. The third-order valence-electron chi connectivity index (χ3n) is 5.11. The van der Waals surface area contributed by atoms with E-state index in [0.29, 0.717) is 46.2 Å². The second-order valence-corrected chi connectivity index (χ2v) is 9.39. The molecule has 2 saturated heterocycles. The van der Waals surface area contributed by atoms with E-state index in [0.717, 1.165) is 14.4 Å². The molecular weight excluding hydrogens is 646 g/mol. The molecule has 2 aliphatic heterocycles. The van der Waals surface area contributed by atoms with Crippen LogP contribution in [0.1, 0.15) is 11.9 Å². The van der Waals surface area contributed by atoms with Crippen LogP contribution in [0.4, 0.5) is 0 Å². The molecule has 0 bridgehead atoms. The van der Waals surface area contributed by atoms with E-state index in [4.69, 9.17) is 37.9 Å². The van der Waals surface area contributed by atoms with Gasteiger partial charge in [0.2, 0.25) is 0 Å². The van der Waals surface area contributed by atoms with Gasteiger partial charge in [-0.1, -0.05) is 75.5 Å². The molecule has 6 atom stereocenters. The van der Waals surface area contributed by atoms with Crippen LogP contribution in [0.15, 0.2) is 30.3 Å². The van der Waals surface area contributed by atoms with E-state index in [1.807, 2.05) is 30.3 Å². The summed E-state index contributed by atoms with van der Waals surface area (Å²) < 4.78 is 49.5. The number of methoxy groups -OCH3 is 1. The van der Waals surface area contributed by atoms with Gasteiger partial charge < -0.3 is 37.9 Å². The molecule has 2 fully saturated rings. The Morgan fingerprint density at radius 3 is 2.12 bits per heavy atom. The molecule has 0 aliphatic carbocycles. The highest BCUT2D eigenvalue weighted by Gasteiger charge is 2.51. The van der Waals surface area contributed by atoms with Crippen molar-refractivity contribution < 1.29 is 37.9 Å². The van der Waals surface area contributed by atoms with Crippen molar-refractivity contribution in [1.82, 2.24) is 0 Å². The van der Waals surface area contributed by atoms with Crippen LogP contribution in [-0.4, -0.2) is 92.9 Å². The van der Waals surface area contributed by atoms with Gasteiger partial charge >= 0.3 is 0 Å². The lowest BCUT2D eigenvalue weighted by atomic mass is 9.97. The summed E-state index contributed by atoms with van der Waals surface area (Å²) in [7, 11) is 1.60. The maximum absolute atomic E-state index is 6.35. The van der Waals surface area contributed by atoms with E-state index < -0.39 is 24.8 Å². The molecule has 0 amide bonds. The highest BCUT2D eigenvalue weighted by molar-refractivity contribution is 14.1. The Balaban J connectivity index is 1.69. The van der Waals surface area contributed by atoms with E-state index in [-0.39, 0.29) is 12.2 Å². The van der Waals surface area contributed by atoms with Crippen LogP contribution in [0.3, 0.4) is 0 Å². The third-order valence-corrected chi connectivity index (χ3v) is 5.99. The predicted molar refractivity (Wildman–Crippen MR) is 135 cm³/mol. The lowest BCUT2D eigenvalue weighted by molar-refractivity contribution is -0.368. The van der Waals surface area contributed by atoms with Crippen LogP contribution in [0.25, 0.3) is 0 Å². The molecule has 2 heterocycles. The molecule has 8 nitrogen and oxygen atoms in total. The number of rotatable bonds is 14. The summed E-state index contributed by atoms with van der Waals surface area (Å²) >= 11 is 4.56. The first-order valence-electron chi connectivity index (χ1n) is 10.8. The van der Waals surface area contributed by atoms with E-state index in [1.165, 1.54) is 0 Å². The normalized spacial score (nSPS) is 30.2. The van der Waals surface area contributed by atoms with Gasteiger partial charge in [-0.05, 0) is 0 Å². The highest BCUT2D eigenvalue weighted by atomic mass is 127. The molecule has 1 unspecified atom stereocenters. The maximum atomic E-state index is 6.35. The summed E-state index contributed by atoms with van der Waals surface area (Å²) in [6.45, 7) is 3.58. The molecular formula is C22H32I2O8. The number of ether oxygens (including phenoxy) is 8. The molecule has 0 N–H and O–H groups in total. The van der Waals surface area contributed by atoms with Gasteiger partial charge in [-0.15, -0.1) is 0 Å². The van der Waals surface area contributed by atoms with Gasteiger partial charge in [0.15, 0.2) is 12.6 Å². The zero-order valence-corrected chi connectivity index (χ0v) is 22.6. The van der Waals surface area contributed by atoms with Crippen LogP contribution < -0.4 is 0 Å². The summed E-state index contributed by atoms with van der Waals surface area (Å²) in [6, 6.07) is 9.87. The average molecular weight is 678 g/mol. The van der Waals surface area contributed by atoms with Gasteiger partial charge in [0.05, 0.1) is 46.2 Å². The number of benzene rings is 1. The molecule has 182 valence electrons. The SMILES string of the molecule is CO[C@H]1O[C@@H]2COC(c3ccccc3)O[C@H]2[C@H](OCCOCCI)[C@H]1OCCOCCI. The van der Waals surface area contributed by atoms with Crippen molar-refractivity contribution in [3.63, 3.8) is 0 Å². The lowest BCUT2D eigenvalue weighted by Gasteiger charge is -2.48. The minimum Gasteiger partial charge on any atom is -0.378 e. The van der Waals surface area contributed by atoms with Crippen LogP contribution in [-0.2, 0) is 37.9 Å². The van der Waals surface area contributed by atoms with Crippen molar-refractivity contribution in [3.8, 4) is 0 Å². The van der Waals surface area contributed by atoms with Gasteiger partial charge in [0, 0.05) is 21.5 Å². The number of hydrogen-bond acceptors (Lipinski definition) is 8. The Bertz CT molecular complexity index is 625. The molecule has 1 aromatic rings. The standard InChI is InChI=1S/C22H32I2O8/c1-25-22-20(29-14-12-27-10-8-24)19(28-13-11-26-9-7-23)18-17(31-22)15-30-21(32-18)16-5-3-2-4-6-16/h2-6,17-22H,7-15H2,1H3/t17-,18-,19+,20-,21?,22+/m1/s1. The first kappa shape index (κ1) is 27.0. The Kier molecular flexibility index (Phi) is 13.0. The fourth-order valence-corrected chi connectivity index (χ4v) is 4.30. The summed E-state index contributed by atoms with van der Waals surface area (Å²) in [5.41, 5.74) is 0.952. The number of alkyl halides is 2. The molecule has 2 aliphatic rings. The van der Waals surface area contributed by atoms with E-state index in [9.17, 15) is 0 Å². The van der Waals surface area contributed by atoms with Crippen molar-refractivity contribution >= 4 is 45.2 Å². The van der Waals surface area contributed by atoms with Gasteiger partial charge in [-0.3, -0.25) is 0 Å². The quantitative estimate of drug-likeness (QED) is 0.169. The van der Waals surface area contributed by atoms with Crippen molar-refractivity contribution in [1.29, 1.82) is 0 Å². The van der Waals surface area contributed by atoms with Gasteiger partial charge in [0.1, 0.15) is 24.4 Å². The smallest absolute Gasteiger partial charge is 0.186 e. The molecule has 0 radical (unpaired) electrons. The van der Waals surface area contributed by atoms with E-state index in [1.54, 1.807) is 7.11 Å². The van der Waals surface area contributed by atoms with Crippen molar-refractivity contribution in [3.05, 3.63) is 35.9 Å². The van der Waals surface area contributed by atoms with Crippen LogP contribution in [0, 0.1) is 0 Å². The Morgan fingerprint density at radius 2 is 1.50 bits per heavy atom. The van der Waals surface area contributed by atoms with E-state index >= 15 is 0 Å². The summed E-state index contributed by atoms with van der Waals surface area (Å²) in [6.07, 6.45) is -2.65. The van der Waals surface area contributed by atoms with Crippen molar-refractivity contribution in [2.45, 2.75) is 37.0 Å². The number of hydrogen-bond donors (Lipinski definition) is 0. The molecule has 32 heavy (non-hydrogen) atoms. The highest BCUT2D eigenvalue weighted by Crippen LogP contribution is 2.36. The molecule has 3 rings (SSSR count). The first-order valence-corrected chi connectivity index (χ1v) is 13.8. The number of fused-ring (bicyclic) bond motifs is 1. The first-order chi connectivity index (χ1) is 15.8. The fraction of sp³-hybridized carbons (Fsp3) is 0.727. The second kappa shape index (κ2) is 15.4. The Labute approximate surface area is 217 Å². The van der Waals surface area contributed by atoms with Crippen LogP contribution in [0.5, 0.6) is 0 Å². The van der Waals surface area contributed by atoms with Crippen LogP contribution >= 0.6 is 45.2 Å². The minimum absolute atomic E-state index is 0.324. The van der Waals surface area contributed by atoms with Crippen molar-refractivity contribution in [2.24, 2.45) is 0 Å². The zero-order chi connectivity index (χ0) is 22.6. The molecule has 0 spiro atoms. The van der Waals surface area contributed by atoms with Crippen LogP contribution in [0.2, 0.25) is 0 Å². The Hall–Kier alpha value is 0.360. The molecule has 0 aromatic heterocycles. The topological polar surface area (TPSA) is 73.8 Å². The molecule has 1 aromatic carbocycles. The maximum Gasteiger partial charge on any atom is 0.186 e.